The Labute approximate surface area is 84.1 Å². The topological polar surface area (TPSA) is 72.2 Å². The van der Waals surface area contributed by atoms with Gasteiger partial charge < -0.3 is 11.1 Å². The smallest absolute Gasteiger partial charge is 0.275 e. The summed E-state index contributed by atoms with van der Waals surface area (Å²) in [6.07, 6.45) is 0.965. The number of carbonyl (C=O) groups excluding carboxylic acids is 2. The molecule has 0 bridgehead atoms. The van der Waals surface area contributed by atoms with Gasteiger partial charge in [-0.3, -0.25) is 9.59 Å². The SMILES string of the molecule is C.CCCNC(=O)S.NC(=O)S. The van der Waals surface area contributed by atoms with Gasteiger partial charge in [-0.25, -0.2) is 0 Å². The van der Waals surface area contributed by atoms with Crippen LogP contribution in [0.3, 0.4) is 0 Å². The molecular formula is C6H16N2O2S2. The molecule has 0 unspecified atom stereocenters. The lowest BCUT2D eigenvalue weighted by molar-refractivity contribution is 0.261. The quantitative estimate of drug-likeness (QED) is 0.526. The molecule has 74 valence electrons. The number of hydrogen-bond acceptors (Lipinski definition) is 2. The summed E-state index contributed by atoms with van der Waals surface area (Å²) in [5, 5.41) is 1.63. The summed E-state index contributed by atoms with van der Waals surface area (Å²) in [6, 6.07) is 0. The van der Waals surface area contributed by atoms with E-state index in [1.807, 2.05) is 6.92 Å². The highest BCUT2D eigenvalue weighted by Gasteiger charge is 1.84. The van der Waals surface area contributed by atoms with Crippen LogP contribution in [0.1, 0.15) is 20.8 Å². The summed E-state index contributed by atoms with van der Waals surface area (Å²) in [5.74, 6) is 0. The summed E-state index contributed by atoms with van der Waals surface area (Å²) in [4.78, 5) is 19.0. The van der Waals surface area contributed by atoms with E-state index in [9.17, 15) is 4.79 Å². The van der Waals surface area contributed by atoms with Gasteiger partial charge >= 0.3 is 0 Å². The number of carbonyl (C=O) groups is 2. The normalized spacial score (nSPS) is 6.92. The minimum atomic E-state index is -0.639. The van der Waals surface area contributed by atoms with Crippen LogP contribution in [0.15, 0.2) is 0 Å². The Balaban J connectivity index is -0.000000142. The summed E-state index contributed by atoms with van der Waals surface area (Å²) < 4.78 is 0. The lowest BCUT2D eigenvalue weighted by atomic mass is 10.5. The van der Waals surface area contributed by atoms with Gasteiger partial charge in [-0.1, -0.05) is 39.6 Å². The fourth-order valence-electron chi connectivity index (χ4n) is 0.232. The molecule has 0 radical (unpaired) electrons. The summed E-state index contributed by atoms with van der Waals surface area (Å²) >= 11 is 6.59. The number of nitrogens with one attached hydrogen (secondary N) is 1. The molecule has 4 nitrogen and oxygen atoms in total. The van der Waals surface area contributed by atoms with E-state index >= 15 is 0 Å². The van der Waals surface area contributed by atoms with E-state index in [4.69, 9.17) is 4.79 Å². The van der Waals surface area contributed by atoms with Crippen LogP contribution in [0, 0.1) is 0 Å². The first-order valence-electron chi connectivity index (χ1n) is 2.95. The second-order valence-corrected chi connectivity index (χ2v) is 2.42. The first kappa shape index (κ1) is 17.7. The maximum absolute atomic E-state index is 9.96. The Morgan fingerprint density at radius 2 is 1.75 bits per heavy atom. The summed E-state index contributed by atoms with van der Waals surface area (Å²) in [7, 11) is 0. The fraction of sp³-hybridized carbons (Fsp3) is 0.667. The van der Waals surface area contributed by atoms with Gasteiger partial charge in [0, 0.05) is 6.54 Å². The molecule has 0 aliphatic heterocycles. The molecule has 0 heterocycles. The monoisotopic (exact) mass is 212 g/mol. The Morgan fingerprint density at radius 3 is 1.83 bits per heavy atom. The van der Waals surface area contributed by atoms with Crippen LogP contribution in [0.2, 0.25) is 0 Å². The van der Waals surface area contributed by atoms with Crippen molar-refractivity contribution in [3.8, 4) is 0 Å². The van der Waals surface area contributed by atoms with Crippen LogP contribution in [0.5, 0.6) is 0 Å². The lowest BCUT2D eigenvalue weighted by Gasteiger charge is -1.92. The molecule has 0 rings (SSSR count). The molecular weight excluding hydrogens is 196 g/mol. The first-order chi connectivity index (χ1) is 5.00. The van der Waals surface area contributed by atoms with Crippen molar-refractivity contribution in [1.29, 1.82) is 0 Å². The largest absolute Gasteiger partial charge is 0.361 e. The minimum Gasteiger partial charge on any atom is -0.361 e. The van der Waals surface area contributed by atoms with Crippen molar-refractivity contribution in [2.24, 2.45) is 5.73 Å². The Hall–Kier alpha value is -0.360. The van der Waals surface area contributed by atoms with Gasteiger partial charge in [-0.15, -0.1) is 0 Å². The predicted octanol–water partition coefficient (Wildman–Crippen LogP) is 1.67. The average Bonchev–Trinajstić information content (AvgIpc) is 1.82. The molecule has 0 aliphatic rings. The number of hydrogen-bond donors (Lipinski definition) is 4. The highest BCUT2D eigenvalue weighted by molar-refractivity contribution is 7.96. The van der Waals surface area contributed by atoms with Crippen molar-refractivity contribution in [1.82, 2.24) is 5.32 Å². The van der Waals surface area contributed by atoms with Gasteiger partial charge in [0.05, 0.1) is 0 Å². The molecule has 0 aromatic rings. The Morgan fingerprint density at radius 1 is 1.42 bits per heavy atom. The third-order valence-electron chi connectivity index (χ3n) is 0.526. The second kappa shape index (κ2) is 13.2. The zero-order valence-corrected chi connectivity index (χ0v) is 7.99. The highest BCUT2D eigenvalue weighted by Crippen LogP contribution is 1.75. The van der Waals surface area contributed by atoms with E-state index in [-0.39, 0.29) is 12.7 Å². The second-order valence-electron chi connectivity index (χ2n) is 1.57. The van der Waals surface area contributed by atoms with Crippen LogP contribution < -0.4 is 11.1 Å². The van der Waals surface area contributed by atoms with Crippen LogP contribution >= 0.6 is 25.3 Å². The maximum atomic E-state index is 9.96. The number of thiol groups is 2. The Kier molecular flexibility index (Phi) is 19.5. The molecule has 0 aliphatic carbocycles. The van der Waals surface area contributed by atoms with E-state index in [1.165, 1.54) is 0 Å². The van der Waals surface area contributed by atoms with Crippen LogP contribution in [0.4, 0.5) is 9.59 Å². The zero-order chi connectivity index (χ0) is 9.28. The molecule has 2 amide bonds. The van der Waals surface area contributed by atoms with E-state index in [2.05, 4.69) is 36.3 Å². The van der Waals surface area contributed by atoms with Crippen LogP contribution in [-0.4, -0.2) is 17.0 Å². The first-order valence-corrected chi connectivity index (χ1v) is 3.85. The zero-order valence-electron chi connectivity index (χ0n) is 6.20. The minimum absolute atomic E-state index is 0. The summed E-state index contributed by atoms with van der Waals surface area (Å²) in [5.41, 5.74) is 4.34. The van der Waals surface area contributed by atoms with Crippen molar-refractivity contribution in [2.75, 3.05) is 6.54 Å². The molecule has 0 aromatic heterocycles. The highest BCUT2D eigenvalue weighted by atomic mass is 32.1. The number of nitrogens with two attached hydrogens (primary N) is 1. The molecule has 0 atom stereocenters. The van der Waals surface area contributed by atoms with E-state index in [0.717, 1.165) is 13.0 Å². The van der Waals surface area contributed by atoms with Gasteiger partial charge in [-0.05, 0) is 6.42 Å². The number of amides is 2. The van der Waals surface area contributed by atoms with E-state index in [0.29, 0.717) is 0 Å². The van der Waals surface area contributed by atoms with Crippen molar-refractivity contribution in [3.63, 3.8) is 0 Å². The molecule has 0 saturated heterocycles. The molecule has 3 N–H and O–H groups in total. The van der Waals surface area contributed by atoms with Gasteiger partial charge in [0.15, 0.2) is 0 Å². The number of primary amides is 1. The van der Waals surface area contributed by atoms with Gasteiger partial charge in [0.25, 0.3) is 10.5 Å². The number of rotatable bonds is 2. The molecule has 6 heteroatoms. The molecule has 12 heavy (non-hydrogen) atoms. The van der Waals surface area contributed by atoms with Gasteiger partial charge in [-0.2, -0.15) is 0 Å². The molecule has 0 fully saturated rings. The predicted molar refractivity (Wildman–Crippen MR) is 58.0 cm³/mol. The van der Waals surface area contributed by atoms with Crippen LogP contribution in [0.25, 0.3) is 0 Å². The summed E-state index contributed by atoms with van der Waals surface area (Å²) in [6.45, 7) is 2.71. The maximum Gasteiger partial charge on any atom is 0.275 e. The Bertz CT molecular complexity index is 127. The lowest BCUT2D eigenvalue weighted by Crippen LogP contribution is -2.16. The molecule has 0 saturated carbocycles. The third kappa shape index (κ3) is 54.3. The van der Waals surface area contributed by atoms with Crippen molar-refractivity contribution >= 4 is 35.7 Å². The van der Waals surface area contributed by atoms with Crippen LogP contribution in [-0.2, 0) is 0 Å². The van der Waals surface area contributed by atoms with Crippen molar-refractivity contribution < 1.29 is 9.59 Å². The standard InChI is InChI=1S/C4H9NOS.CH3NOS.CH4/c1-2-3-5-4(6)7;2-1(3)4;/h2-3H2,1H3,(H2,5,6,7);(H3,2,3,4);1H4. The fourth-order valence-corrected chi connectivity index (χ4v) is 0.344. The molecule has 0 aromatic carbocycles. The average molecular weight is 212 g/mol. The van der Waals surface area contributed by atoms with Crippen molar-refractivity contribution in [2.45, 2.75) is 20.8 Å². The van der Waals surface area contributed by atoms with E-state index < -0.39 is 5.24 Å². The van der Waals surface area contributed by atoms with Crippen molar-refractivity contribution in [3.05, 3.63) is 0 Å². The van der Waals surface area contributed by atoms with Gasteiger partial charge in [0.1, 0.15) is 0 Å². The van der Waals surface area contributed by atoms with Gasteiger partial charge in [0.2, 0.25) is 0 Å². The third-order valence-corrected chi connectivity index (χ3v) is 0.684. The van der Waals surface area contributed by atoms with E-state index in [1.54, 1.807) is 0 Å². The molecule has 0 spiro atoms.